The van der Waals surface area contributed by atoms with Crippen molar-refractivity contribution in [2.24, 2.45) is 5.73 Å². The number of aromatic nitrogens is 2. The second-order valence-electron chi connectivity index (χ2n) is 3.77. The maximum Gasteiger partial charge on any atom is 0.433 e. The maximum atomic E-state index is 12.3. The van der Waals surface area contributed by atoms with Crippen LogP contribution < -0.4 is 5.73 Å². The van der Waals surface area contributed by atoms with Crippen molar-refractivity contribution in [1.29, 1.82) is 0 Å². The van der Waals surface area contributed by atoms with E-state index in [-0.39, 0.29) is 12.2 Å². The lowest BCUT2D eigenvalue weighted by Crippen LogP contribution is -2.09. The van der Waals surface area contributed by atoms with E-state index in [4.69, 9.17) is 5.73 Å². The fraction of sp³-hybridized carbons (Fsp3) is 0.182. The van der Waals surface area contributed by atoms with Crippen LogP contribution in [0.2, 0.25) is 0 Å². The lowest BCUT2D eigenvalue weighted by atomic mass is 10.1. The van der Waals surface area contributed by atoms with Gasteiger partial charge >= 0.3 is 6.18 Å². The van der Waals surface area contributed by atoms with Gasteiger partial charge in [0.2, 0.25) is 5.76 Å². The molecule has 19 heavy (non-hydrogen) atoms. The van der Waals surface area contributed by atoms with Gasteiger partial charge in [-0.15, -0.1) is 0 Å². The summed E-state index contributed by atoms with van der Waals surface area (Å²) in [6.45, 7) is 0. The Bertz CT molecular complexity index is 590. The Labute approximate surface area is 105 Å². The number of nitrogens with two attached hydrogens (primary N) is 1. The van der Waals surface area contributed by atoms with Crippen LogP contribution in [-0.2, 0) is 12.6 Å². The van der Waals surface area contributed by atoms with Crippen LogP contribution in [-0.4, -0.2) is 16.0 Å². The first-order chi connectivity index (χ1) is 8.86. The second kappa shape index (κ2) is 4.71. The van der Waals surface area contributed by atoms with Gasteiger partial charge in [-0.25, -0.2) is 0 Å². The van der Waals surface area contributed by atoms with E-state index in [1.807, 2.05) is 0 Å². The van der Waals surface area contributed by atoms with Crippen LogP contribution in [0.25, 0.3) is 0 Å². The van der Waals surface area contributed by atoms with Gasteiger partial charge in [0.1, 0.15) is 5.69 Å². The Morgan fingerprint density at radius 3 is 2.58 bits per heavy atom. The van der Waals surface area contributed by atoms with Crippen LogP contribution in [0.15, 0.2) is 28.9 Å². The van der Waals surface area contributed by atoms with Gasteiger partial charge < -0.3 is 10.3 Å². The highest BCUT2D eigenvalue weighted by molar-refractivity contribution is 5.89. The summed E-state index contributed by atoms with van der Waals surface area (Å²) >= 11 is 0. The van der Waals surface area contributed by atoms with Gasteiger partial charge in [-0.1, -0.05) is 11.2 Å². The lowest BCUT2D eigenvalue weighted by Gasteiger charge is -2.05. The summed E-state index contributed by atoms with van der Waals surface area (Å²) in [5.74, 6) is -0.862. The van der Waals surface area contributed by atoms with Crippen LogP contribution in [0.3, 0.4) is 0 Å². The van der Waals surface area contributed by atoms with Gasteiger partial charge in [-0.05, 0) is 11.6 Å². The highest BCUT2D eigenvalue weighted by Gasteiger charge is 2.32. The molecule has 0 atom stereocenters. The third kappa shape index (κ3) is 3.09. The number of hydrogen-bond donors (Lipinski definition) is 1. The molecule has 0 aliphatic carbocycles. The molecule has 0 saturated heterocycles. The molecular formula is C11H8F3N3O2. The lowest BCUT2D eigenvalue weighted by molar-refractivity contribution is -0.141. The highest BCUT2D eigenvalue weighted by Crippen LogP contribution is 2.27. The Hall–Kier alpha value is -2.38. The molecule has 2 heterocycles. The highest BCUT2D eigenvalue weighted by atomic mass is 19.4. The topological polar surface area (TPSA) is 82.0 Å². The molecule has 0 saturated carbocycles. The molecule has 0 spiro atoms. The van der Waals surface area contributed by atoms with Gasteiger partial charge in [0.25, 0.3) is 5.91 Å². The van der Waals surface area contributed by atoms with Crippen LogP contribution in [0.4, 0.5) is 13.2 Å². The largest absolute Gasteiger partial charge is 0.433 e. The van der Waals surface area contributed by atoms with Crippen molar-refractivity contribution >= 4 is 5.91 Å². The summed E-state index contributed by atoms with van der Waals surface area (Å²) in [5, 5.41) is 3.58. The van der Waals surface area contributed by atoms with E-state index in [9.17, 15) is 18.0 Å². The predicted octanol–water partition coefficient (Wildman–Crippen LogP) is 1.78. The van der Waals surface area contributed by atoms with Crippen molar-refractivity contribution in [1.82, 2.24) is 10.1 Å². The number of halogens is 3. The fourth-order valence-corrected chi connectivity index (χ4v) is 1.42. The molecule has 2 aromatic heterocycles. The maximum absolute atomic E-state index is 12.3. The summed E-state index contributed by atoms with van der Waals surface area (Å²) < 4.78 is 41.5. The summed E-state index contributed by atoms with van der Waals surface area (Å²) in [5.41, 5.74) is 4.91. The first-order valence-corrected chi connectivity index (χ1v) is 5.14. The molecule has 2 rings (SSSR count). The number of hydrogen-bond acceptors (Lipinski definition) is 4. The summed E-state index contributed by atoms with van der Waals surface area (Å²) in [4.78, 5) is 14.1. The predicted molar refractivity (Wildman–Crippen MR) is 57.1 cm³/mol. The second-order valence-corrected chi connectivity index (χ2v) is 3.77. The number of alkyl halides is 3. The first kappa shape index (κ1) is 13.1. The van der Waals surface area contributed by atoms with Gasteiger partial charge in [0.05, 0.1) is 5.69 Å². The minimum absolute atomic E-state index is 0.102. The molecule has 100 valence electrons. The molecule has 0 radical (unpaired) electrons. The molecule has 0 aliphatic heterocycles. The van der Waals surface area contributed by atoms with E-state index < -0.39 is 17.8 Å². The average molecular weight is 271 g/mol. The fourth-order valence-electron chi connectivity index (χ4n) is 1.42. The van der Waals surface area contributed by atoms with Crippen LogP contribution in [0.1, 0.15) is 27.5 Å². The Morgan fingerprint density at radius 2 is 2.11 bits per heavy atom. The van der Waals surface area contributed by atoms with E-state index in [1.54, 1.807) is 0 Å². The van der Waals surface area contributed by atoms with Gasteiger partial charge in [-0.3, -0.25) is 9.78 Å². The molecule has 2 N–H and O–H groups in total. The van der Waals surface area contributed by atoms with E-state index in [2.05, 4.69) is 14.7 Å². The Morgan fingerprint density at radius 1 is 1.37 bits per heavy atom. The van der Waals surface area contributed by atoms with Crippen molar-refractivity contribution in [3.63, 3.8) is 0 Å². The number of nitrogens with zero attached hydrogens (tertiary/aromatic N) is 2. The number of primary amides is 1. The molecule has 8 heteroatoms. The van der Waals surface area contributed by atoms with Crippen molar-refractivity contribution in [2.75, 3.05) is 0 Å². The number of carbonyl (C=O) groups is 1. The van der Waals surface area contributed by atoms with E-state index in [0.717, 1.165) is 12.3 Å². The van der Waals surface area contributed by atoms with Gasteiger partial charge in [0, 0.05) is 18.7 Å². The van der Waals surface area contributed by atoms with E-state index in [0.29, 0.717) is 11.3 Å². The molecule has 5 nitrogen and oxygen atoms in total. The first-order valence-electron chi connectivity index (χ1n) is 5.14. The average Bonchev–Trinajstić information content (AvgIpc) is 2.77. The number of carbonyl (C=O) groups excluding carboxylic acids is 1. The minimum Gasteiger partial charge on any atom is -0.363 e. The normalized spacial score (nSPS) is 11.5. The molecule has 0 aromatic carbocycles. The van der Waals surface area contributed by atoms with Crippen molar-refractivity contribution in [3.05, 3.63) is 47.1 Å². The Kier molecular flexibility index (Phi) is 3.24. The summed E-state index contributed by atoms with van der Waals surface area (Å²) in [6.07, 6.45) is -3.17. The Balaban J connectivity index is 2.13. The van der Waals surface area contributed by atoms with Gasteiger partial charge in [-0.2, -0.15) is 13.2 Å². The molecule has 2 aromatic rings. The molecule has 0 unspecified atom stereocenters. The zero-order valence-corrected chi connectivity index (χ0v) is 9.44. The third-order valence-electron chi connectivity index (χ3n) is 2.30. The zero-order chi connectivity index (χ0) is 14.0. The van der Waals surface area contributed by atoms with Crippen LogP contribution in [0.5, 0.6) is 0 Å². The molecule has 0 fully saturated rings. The number of rotatable bonds is 3. The van der Waals surface area contributed by atoms with Crippen LogP contribution >= 0.6 is 0 Å². The number of amides is 1. The van der Waals surface area contributed by atoms with E-state index in [1.165, 1.54) is 12.1 Å². The quantitative estimate of drug-likeness (QED) is 0.922. The molecule has 1 amide bonds. The SMILES string of the molecule is NC(=O)c1cc(Cc2ccc(C(F)(F)F)nc2)no1. The van der Waals surface area contributed by atoms with Crippen molar-refractivity contribution in [3.8, 4) is 0 Å². The summed E-state index contributed by atoms with van der Waals surface area (Å²) in [7, 11) is 0. The van der Waals surface area contributed by atoms with Crippen molar-refractivity contribution < 1.29 is 22.5 Å². The molecular weight excluding hydrogens is 263 g/mol. The van der Waals surface area contributed by atoms with Crippen molar-refractivity contribution in [2.45, 2.75) is 12.6 Å². The standard InChI is InChI=1S/C11H8F3N3O2/c12-11(13,14)9-2-1-6(5-16-9)3-7-4-8(10(15)18)19-17-7/h1-2,4-5H,3H2,(H2,15,18). The molecule has 0 aliphatic rings. The number of pyridine rings is 1. The smallest absolute Gasteiger partial charge is 0.363 e. The summed E-state index contributed by atoms with van der Waals surface area (Å²) in [6, 6.07) is 3.50. The van der Waals surface area contributed by atoms with E-state index >= 15 is 0 Å². The minimum atomic E-state index is -4.47. The monoisotopic (exact) mass is 271 g/mol. The molecule has 0 bridgehead atoms. The zero-order valence-electron chi connectivity index (χ0n) is 9.44. The van der Waals surface area contributed by atoms with Gasteiger partial charge in [0.15, 0.2) is 0 Å². The van der Waals surface area contributed by atoms with Crippen LogP contribution in [0, 0.1) is 0 Å². The third-order valence-corrected chi connectivity index (χ3v) is 2.30.